The van der Waals surface area contributed by atoms with E-state index in [1.54, 1.807) is 0 Å². The number of amides is 1. The van der Waals surface area contributed by atoms with Crippen LogP contribution in [0.25, 0.3) is 0 Å². The summed E-state index contributed by atoms with van der Waals surface area (Å²) in [7, 11) is -8.76. The van der Waals surface area contributed by atoms with Crippen LogP contribution in [0.1, 0.15) is 76.3 Å². The summed E-state index contributed by atoms with van der Waals surface area (Å²) < 4.78 is 67.6. The first-order chi connectivity index (χ1) is 22.0. The monoisotopic (exact) mass is 855 g/mol. The molecular formula is C27H38Cl2K3N7O9S2. The van der Waals surface area contributed by atoms with Gasteiger partial charge in [0.25, 0.3) is 0 Å². The predicted octanol–water partition coefficient (Wildman–Crippen LogP) is -7.86. The Morgan fingerprint density at radius 3 is 2.10 bits per heavy atom. The molecule has 2 aliphatic rings. The number of halogens is 2. The van der Waals surface area contributed by atoms with Gasteiger partial charge in [-0.25, -0.2) is 21.5 Å². The largest absolute Gasteiger partial charge is 1.00 e. The van der Waals surface area contributed by atoms with Crippen LogP contribution in [0.15, 0.2) is 16.4 Å². The maximum Gasteiger partial charge on any atom is 1.00 e. The molecule has 2 fully saturated rings. The minimum Gasteiger partial charge on any atom is -0.748 e. The molecule has 264 valence electrons. The Hall–Kier alpha value is 2.51. The number of aliphatic carboxylic acids is 1. The molecule has 3 rings (SSSR count). The van der Waals surface area contributed by atoms with E-state index in [-0.39, 0.29) is 197 Å². The SMILES string of the molecule is CC(=O)NC1CC(N(CCCCS(=O)(=O)[O-])CCCCS(=O)(=O)[O-])CCC1N=Nc1c(C#N)cnn1C1C(Cl)CC(Cl)CC1C(=O)[O-].[K+].[K+].[K+]. The Balaban J connectivity index is 0.00000800. The predicted molar refractivity (Wildman–Crippen MR) is 166 cm³/mol. The van der Waals surface area contributed by atoms with Crippen LogP contribution in [0.2, 0.25) is 0 Å². The zero-order chi connectivity index (χ0) is 34.9. The average Bonchev–Trinajstić information content (AvgIpc) is 3.36. The van der Waals surface area contributed by atoms with Crippen molar-refractivity contribution in [3.63, 3.8) is 0 Å². The van der Waals surface area contributed by atoms with Gasteiger partial charge in [0.15, 0.2) is 5.82 Å². The molecule has 0 spiro atoms. The number of hydrogen-bond donors (Lipinski definition) is 1. The number of unbranched alkanes of at least 4 members (excludes halogenated alkanes) is 2. The number of nitrogens with one attached hydrogen (secondary N) is 1. The fourth-order valence-electron chi connectivity index (χ4n) is 6.27. The average molecular weight is 857 g/mol. The summed E-state index contributed by atoms with van der Waals surface area (Å²) in [5.74, 6) is -3.80. The van der Waals surface area contributed by atoms with E-state index in [0.717, 1.165) is 0 Å². The first-order valence-corrected chi connectivity index (χ1v) is 19.3. The third-order valence-corrected chi connectivity index (χ3v) is 10.8. The van der Waals surface area contributed by atoms with Crippen LogP contribution >= 0.6 is 23.2 Å². The molecule has 0 bridgehead atoms. The van der Waals surface area contributed by atoms with Gasteiger partial charge in [0.05, 0.1) is 49.9 Å². The Kier molecular flexibility index (Phi) is 26.2. The molecule has 16 nitrogen and oxygen atoms in total. The molecule has 0 saturated heterocycles. The van der Waals surface area contributed by atoms with Crippen LogP contribution in [0.4, 0.5) is 5.82 Å². The first kappa shape index (κ1) is 52.5. The summed E-state index contributed by atoms with van der Waals surface area (Å²) in [5, 5.41) is 36.4. The van der Waals surface area contributed by atoms with Crippen LogP contribution in [0.3, 0.4) is 0 Å². The number of nitrogens with zero attached hydrogens (tertiary/aromatic N) is 6. The summed E-state index contributed by atoms with van der Waals surface area (Å²) >= 11 is 12.8. The van der Waals surface area contributed by atoms with E-state index < -0.39 is 72.5 Å². The van der Waals surface area contributed by atoms with E-state index in [0.29, 0.717) is 51.6 Å². The molecule has 1 amide bonds. The van der Waals surface area contributed by atoms with Crippen molar-refractivity contribution in [3.05, 3.63) is 11.8 Å². The molecule has 2 aliphatic carbocycles. The van der Waals surface area contributed by atoms with Crippen molar-refractivity contribution in [1.82, 2.24) is 20.0 Å². The first-order valence-electron chi connectivity index (χ1n) is 15.2. The number of hydrogen-bond acceptors (Lipinski definition) is 14. The zero-order valence-corrected chi connectivity index (χ0v) is 41.3. The number of rotatable bonds is 16. The molecule has 1 aromatic heterocycles. The number of azo groups is 1. The third kappa shape index (κ3) is 17.8. The number of carboxylic acid groups (broad SMARTS) is 1. The number of alkyl halides is 2. The second-order valence-corrected chi connectivity index (χ2v) is 16.2. The summed E-state index contributed by atoms with van der Waals surface area (Å²) in [4.78, 5) is 26.2. The summed E-state index contributed by atoms with van der Waals surface area (Å²) in [6.07, 6.45) is 4.03. The molecule has 0 aliphatic heterocycles. The maximum absolute atomic E-state index is 12.2. The van der Waals surface area contributed by atoms with Crippen LogP contribution in [0, 0.1) is 17.2 Å². The van der Waals surface area contributed by atoms with E-state index in [2.05, 4.69) is 20.6 Å². The molecule has 2 saturated carbocycles. The van der Waals surface area contributed by atoms with Crippen LogP contribution in [-0.2, 0) is 29.8 Å². The molecule has 1 aromatic rings. The molecule has 7 unspecified atom stereocenters. The van der Waals surface area contributed by atoms with Crippen molar-refractivity contribution in [2.75, 3.05) is 24.6 Å². The van der Waals surface area contributed by atoms with E-state index in [4.69, 9.17) is 23.2 Å². The van der Waals surface area contributed by atoms with Gasteiger partial charge >= 0.3 is 154 Å². The normalized spacial score (nSPS) is 25.5. The van der Waals surface area contributed by atoms with Gasteiger partial charge in [-0.3, -0.25) is 4.79 Å². The standard InChI is InChI=1S/C27H41Cl2N7O9S2.3K/c1-17(37)32-24-14-20(35(8-2-4-10-46(40,41)42)9-3-5-11-47(43,44)45)6-7-23(24)33-34-26-18(15-30)16-31-36(26)25-21(27(38)39)12-19(28)13-22(25)29;;;/h16,19-25H,2-14H2,1H3,(H,32,37)(H,38,39)(H,40,41,42)(H,43,44,45);;;/q;3*+1/p-3. The number of carbonyl (C=O) groups is 2. The molecule has 1 N–H and O–H groups in total. The van der Waals surface area contributed by atoms with Gasteiger partial charge in [-0.2, -0.15) is 15.5 Å². The van der Waals surface area contributed by atoms with Crippen molar-refractivity contribution in [3.8, 4) is 6.07 Å². The zero-order valence-electron chi connectivity index (χ0n) is 28.7. The summed E-state index contributed by atoms with van der Waals surface area (Å²) in [6.45, 7) is 2.15. The van der Waals surface area contributed by atoms with Gasteiger partial charge in [0.1, 0.15) is 11.6 Å². The number of carbonyl (C=O) groups excluding carboxylic acids is 2. The molecule has 0 aromatic carbocycles. The van der Waals surface area contributed by atoms with Gasteiger partial charge in [0.2, 0.25) is 5.91 Å². The minimum atomic E-state index is -4.38. The second kappa shape index (κ2) is 25.0. The molecular weight excluding hydrogens is 819 g/mol. The van der Waals surface area contributed by atoms with Gasteiger partial charge in [-0.15, -0.1) is 28.3 Å². The smallest absolute Gasteiger partial charge is 0.748 e. The van der Waals surface area contributed by atoms with Crippen molar-refractivity contribution in [2.45, 2.75) is 99.6 Å². The maximum atomic E-state index is 12.2. The van der Waals surface area contributed by atoms with Crippen molar-refractivity contribution in [2.24, 2.45) is 16.1 Å². The topological polar surface area (TPSA) is 253 Å². The summed E-state index contributed by atoms with van der Waals surface area (Å²) in [5.41, 5.74) is 0.0406. The van der Waals surface area contributed by atoms with Gasteiger partial charge in [0, 0.05) is 41.7 Å². The minimum absolute atomic E-state index is 0. The van der Waals surface area contributed by atoms with Gasteiger partial charge < -0.3 is 29.2 Å². The fraction of sp³-hybridized carbons (Fsp3) is 0.778. The van der Waals surface area contributed by atoms with E-state index in [9.17, 15) is 45.9 Å². The van der Waals surface area contributed by atoms with Crippen LogP contribution < -0.4 is 165 Å². The molecule has 23 heteroatoms. The molecule has 1 heterocycles. The van der Waals surface area contributed by atoms with E-state index in [1.807, 2.05) is 11.0 Å². The quantitative estimate of drug-likeness (QED) is 0.0535. The Morgan fingerprint density at radius 2 is 1.60 bits per heavy atom. The Bertz CT molecular complexity index is 1510. The van der Waals surface area contributed by atoms with Gasteiger partial charge in [-0.05, 0) is 70.9 Å². The Morgan fingerprint density at radius 1 is 1.02 bits per heavy atom. The van der Waals surface area contributed by atoms with E-state index in [1.165, 1.54) is 17.8 Å². The van der Waals surface area contributed by atoms with Crippen molar-refractivity contribution >= 4 is 61.1 Å². The summed E-state index contributed by atoms with van der Waals surface area (Å²) in [6, 6.07) is -0.136. The molecule has 0 radical (unpaired) electrons. The number of aromatic nitrogens is 2. The number of carboxylic acids is 1. The fourth-order valence-corrected chi connectivity index (χ4v) is 8.36. The van der Waals surface area contributed by atoms with Crippen LogP contribution in [0.5, 0.6) is 0 Å². The van der Waals surface area contributed by atoms with Gasteiger partial charge in [-0.1, -0.05) is 0 Å². The third-order valence-electron chi connectivity index (χ3n) is 8.42. The Labute approximate surface area is 431 Å². The number of nitriles is 1. The van der Waals surface area contributed by atoms with Crippen molar-refractivity contribution in [1.29, 1.82) is 5.26 Å². The van der Waals surface area contributed by atoms with Crippen LogP contribution in [-0.4, -0.2) is 106 Å². The van der Waals surface area contributed by atoms with E-state index >= 15 is 0 Å². The molecule has 7 atom stereocenters. The van der Waals surface area contributed by atoms with Crippen molar-refractivity contribution < 1.29 is 195 Å². The molecule has 50 heavy (non-hydrogen) atoms. The second-order valence-electron chi connectivity index (χ2n) is 12.0.